The lowest BCUT2D eigenvalue weighted by molar-refractivity contribution is -0.157. The average Bonchev–Trinajstić information content (AvgIpc) is 3.19. The highest BCUT2D eigenvalue weighted by Gasteiger charge is 2.47. The number of amides is 1. The molecule has 0 spiro atoms. The predicted octanol–water partition coefficient (Wildman–Crippen LogP) is 3.43. The van der Waals surface area contributed by atoms with Crippen molar-refractivity contribution in [2.45, 2.75) is 70.8 Å². The molecular weight excluding hydrogens is 374 g/mol. The molecule has 3 rings (SSSR count). The van der Waals surface area contributed by atoms with Crippen LogP contribution in [0.1, 0.15) is 40.2 Å². The van der Waals surface area contributed by atoms with Gasteiger partial charge in [-0.2, -0.15) is 0 Å². The fourth-order valence-electron chi connectivity index (χ4n) is 3.44. The molecule has 1 unspecified atom stereocenters. The molecule has 0 aromatic heterocycles. The molecule has 3 atom stereocenters. The second-order valence-corrected chi connectivity index (χ2v) is 8.71. The van der Waals surface area contributed by atoms with E-state index in [0.29, 0.717) is 0 Å². The molecule has 0 aliphatic carbocycles. The van der Waals surface area contributed by atoms with Crippen LogP contribution in [0.4, 0.5) is 4.79 Å². The van der Waals surface area contributed by atoms with Crippen LogP contribution in [0.25, 0.3) is 0 Å². The maximum atomic E-state index is 13.2. The number of cyclic esters (lactones) is 1. The van der Waals surface area contributed by atoms with Crippen LogP contribution in [-0.2, 0) is 30.3 Å². The van der Waals surface area contributed by atoms with E-state index >= 15 is 0 Å². The Hall–Kier alpha value is -2.38. The number of esters is 1. The van der Waals surface area contributed by atoms with Gasteiger partial charge >= 0.3 is 12.1 Å². The molecule has 0 saturated carbocycles. The molecule has 1 saturated heterocycles. The van der Waals surface area contributed by atoms with Gasteiger partial charge in [0, 0.05) is 12.6 Å². The highest BCUT2D eigenvalue weighted by atomic mass is 16.7. The van der Waals surface area contributed by atoms with E-state index in [4.69, 9.17) is 18.9 Å². The highest BCUT2D eigenvalue weighted by Crippen LogP contribution is 2.31. The summed E-state index contributed by atoms with van der Waals surface area (Å²) in [5, 5.41) is 0. The number of carbonyl (C=O) groups excluding carboxylic acids is 2. The SMILES string of the molecule is CC(C)(C)OC(=O)N(Cc1ccccc1)C([C@@H]1C=CC(=O)O1)[C@H]1COC(C)(C)O1. The van der Waals surface area contributed by atoms with Crippen molar-refractivity contribution >= 4 is 12.1 Å². The molecule has 2 aliphatic rings. The van der Waals surface area contributed by atoms with Crippen LogP contribution >= 0.6 is 0 Å². The van der Waals surface area contributed by atoms with E-state index in [1.54, 1.807) is 11.0 Å². The zero-order chi connectivity index (χ0) is 21.2. The number of benzene rings is 1. The van der Waals surface area contributed by atoms with Crippen molar-refractivity contribution in [3.63, 3.8) is 0 Å². The fourth-order valence-corrected chi connectivity index (χ4v) is 3.44. The van der Waals surface area contributed by atoms with E-state index < -0.39 is 41.7 Å². The summed E-state index contributed by atoms with van der Waals surface area (Å²) in [7, 11) is 0. The maximum Gasteiger partial charge on any atom is 0.411 e. The van der Waals surface area contributed by atoms with Gasteiger partial charge in [0.2, 0.25) is 0 Å². The Kier molecular flexibility index (Phi) is 6.00. The Morgan fingerprint density at radius 1 is 1.28 bits per heavy atom. The van der Waals surface area contributed by atoms with Gasteiger partial charge in [0.05, 0.1) is 6.61 Å². The molecule has 2 aliphatic heterocycles. The van der Waals surface area contributed by atoms with Crippen LogP contribution in [0.3, 0.4) is 0 Å². The minimum absolute atomic E-state index is 0.271. The monoisotopic (exact) mass is 403 g/mol. The molecule has 1 aromatic rings. The van der Waals surface area contributed by atoms with Crippen molar-refractivity contribution in [2.24, 2.45) is 0 Å². The Morgan fingerprint density at radius 2 is 1.97 bits per heavy atom. The fraction of sp³-hybridized carbons (Fsp3) is 0.545. The third kappa shape index (κ3) is 5.58. The number of nitrogens with zero attached hydrogens (tertiary/aromatic N) is 1. The van der Waals surface area contributed by atoms with Crippen LogP contribution < -0.4 is 0 Å². The second kappa shape index (κ2) is 8.16. The van der Waals surface area contributed by atoms with Gasteiger partial charge in [0.1, 0.15) is 23.9 Å². The van der Waals surface area contributed by atoms with Gasteiger partial charge in [-0.25, -0.2) is 9.59 Å². The molecule has 7 nitrogen and oxygen atoms in total. The predicted molar refractivity (Wildman–Crippen MR) is 106 cm³/mol. The molecule has 1 aromatic carbocycles. The van der Waals surface area contributed by atoms with Crippen molar-refractivity contribution in [3.05, 3.63) is 48.0 Å². The Balaban J connectivity index is 1.95. The van der Waals surface area contributed by atoms with Gasteiger partial charge in [-0.1, -0.05) is 30.3 Å². The molecule has 1 amide bonds. The standard InChI is InChI=1S/C22H29NO6/c1-21(2,3)29-20(25)23(13-15-9-7-6-8-10-15)19(16-11-12-18(24)27-16)17-14-26-22(4,5)28-17/h6-12,16-17,19H,13-14H2,1-5H3/t16-,17+,19?/m0/s1. The van der Waals surface area contributed by atoms with Crippen LogP contribution in [0.5, 0.6) is 0 Å². The summed E-state index contributed by atoms with van der Waals surface area (Å²) in [5.41, 5.74) is 0.250. The molecule has 1 fully saturated rings. The summed E-state index contributed by atoms with van der Waals surface area (Å²) in [4.78, 5) is 26.5. The first-order valence-corrected chi connectivity index (χ1v) is 9.78. The van der Waals surface area contributed by atoms with Crippen molar-refractivity contribution in [1.82, 2.24) is 4.90 Å². The van der Waals surface area contributed by atoms with Crippen LogP contribution in [-0.4, -0.2) is 53.2 Å². The Labute approximate surface area is 171 Å². The van der Waals surface area contributed by atoms with Crippen LogP contribution in [0, 0.1) is 0 Å². The lowest BCUT2D eigenvalue weighted by atomic mass is 10.0. The van der Waals surface area contributed by atoms with Crippen molar-refractivity contribution in [1.29, 1.82) is 0 Å². The quantitative estimate of drug-likeness (QED) is 0.702. The first-order valence-electron chi connectivity index (χ1n) is 9.78. The van der Waals surface area contributed by atoms with Crippen molar-refractivity contribution in [2.75, 3.05) is 6.61 Å². The van der Waals surface area contributed by atoms with E-state index in [9.17, 15) is 9.59 Å². The molecule has 2 heterocycles. The zero-order valence-electron chi connectivity index (χ0n) is 17.6. The minimum atomic E-state index is -0.790. The summed E-state index contributed by atoms with van der Waals surface area (Å²) in [5.74, 6) is -1.23. The molecule has 29 heavy (non-hydrogen) atoms. The highest BCUT2D eigenvalue weighted by molar-refractivity contribution is 5.84. The van der Waals surface area contributed by atoms with Gasteiger partial charge < -0.3 is 18.9 Å². The number of rotatable bonds is 5. The summed E-state index contributed by atoms with van der Waals surface area (Å²) >= 11 is 0. The van der Waals surface area contributed by atoms with Crippen molar-refractivity contribution in [3.8, 4) is 0 Å². The van der Waals surface area contributed by atoms with E-state index in [1.165, 1.54) is 6.08 Å². The number of carbonyl (C=O) groups is 2. The number of hydrogen-bond acceptors (Lipinski definition) is 6. The number of hydrogen-bond donors (Lipinski definition) is 0. The molecule has 7 heteroatoms. The first kappa shape index (κ1) is 21.3. The first-order chi connectivity index (χ1) is 13.5. The Morgan fingerprint density at radius 3 is 2.48 bits per heavy atom. The molecule has 0 radical (unpaired) electrons. The van der Waals surface area contributed by atoms with Crippen molar-refractivity contribution < 1.29 is 28.5 Å². The third-order valence-corrected chi connectivity index (χ3v) is 4.61. The second-order valence-electron chi connectivity index (χ2n) is 8.71. The summed E-state index contributed by atoms with van der Waals surface area (Å²) in [6, 6.07) is 8.99. The van der Waals surface area contributed by atoms with Gasteiger partial charge in [-0.05, 0) is 46.3 Å². The topological polar surface area (TPSA) is 74.3 Å². The van der Waals surface area contributed by atoms with Gasteiger partial charge in [-0.3, -0.25) is 4.90 Å². The summed E-state index contributed by atoms with van der Waals surface area (Å²) < 4.78 is 22.9. The summed E-state index contributed by atoms with van der Waals surface area (Å²) in [6.45, 7) is 9.62. The van der Waals surface area contributed by atoms with Crippen LogP contribution in [0.2, 0.25) is 0 Å². The molecule has 158 valence electrons. The van der Waals surface area contributed by atoms with Gasteiger partial charge in [0.25, 0.3) is 0 Å². The van der Waals surface area contributed by atoms with Crippen LogP contribution in [0.15, 0.2) is 42.5 Å². The molecule has 0 bridgehead atoms. The zero-order valence-corrected chi connectivity index (χ0v) is 17.6. The minimum Gasteiger partial charge on any atom is -0.453 e. The lowest BCUT2D eigenvalue weighted by Gasteiger charge is -2.38. The molecule has 0 N–H and O–H groups in total. The number of ether oxygens (including phenoxy) is 4. The van der Waals surface area contributed by atoms with E-state index in [0.717, 1.165) is 5.56 Å². The smallest absolute Gasteiger partial charge is 0.411 e. The van der Waals surface area contributed by atoms with E-state index in [1.807, 2.05) is 65.0 Å². The van der Waals surface area contributed by atoms with Gasteiger partial charge in [0.15, 0.2) is 5.79 Å². The van der Waals surface area contributed by atoms with E-state index in [2.05, 4.69) is 0 Å². The third-order valence-electron chi connectivity index (χ3n) is 4.61. The normalized spacial score (nSPS) is 24.2. The van der Waals surface area contributed by atoms with Gasteiger partial charge in [-0.15, -0.1) is 0 Å². The summed E-state index contributed by atoms with van der Waals surface area (Å²) in [6.07, 6.45) is 1.39. The maximum absolute atomic E-state index is 13.2. The van der Waals surface area contributed by atoms with E-state index in [-0.39, 0.29) is 13.2 Å². The molecular formula is C22H29NO6. The average molecular weight is 403 g/mol. The largest absolute Gasteiger partial charge is 0.453 e. The lowest BCUT2D eigenvalue weighted by Crippen LogP contribution is -2.55. The Bertz CT molecular complexity index is 767.